The molecule has 0 radical (unpaired) electrons. The standard InChI is InChI=1S/C12H12ClF3N2O2S/c1-2-17-10(19)11(20)18-8-5-3-4-7(13)9(8)21-6-12(14,15)16/h3-5H,2,6H2,1H3,(H,17,19)(H,18,20). The van der Waals surface area contributed by atoms with Crippen LogP contribution in [0.3, 0.4) is 0 Å². The Kier molecular flexibility index (Phi) is 6.35. The summed E-state index contributed by atoms with van der Waals surface area (Å²) in [4.78, 5) is 23.0. The molecule has 0 aliphatic heterocycles. The van der Waals surface area contributed by atoms with Gasteiger partial charge in [-0.25, -0.2) is 0 Å². The van der Waals surface area contributed by atoms with E-state index in [-0.39, 0.29) is 22.2 Å². The molecule has 116 valence electrons. The third kappa shape index (κ3) is 5.84. The monoisotopic (exact) mass is 340 g/mol. The number of alkyl halides is 3. The molecule has 0 heterocycles. The normalized spacial score (nSPS) is 11.1. The fraction of sp³-hybridized carbons (Fsp3) is 0.333. The van der Waals surface area contributed by atoms with Crippen molar-refractivity contribution in [1.29, 1.82) is 0 Å². The summed E-state index contributed by atoms with van der Waals surface area (Å²) in [7, 11) is 0. The molecule has 0 unspecified atom stereocenters. The van der Waals surface area contributed by atoms with Crippen LogP contribution in [0.4, 0.5) is 18.9 Å². The highest BCUT2D eigenvalue weighted by molar-refractivity contribution is 7.99. The van der Waals surface area contributed by atoms with Gasteiger partial charge in [-0.15, -0.1) is 11.8 Å². The van der Waals surface area contributed by atoms with Gasteiger partial charge >= 0.3 is 18.0 Å². The minimum absolute atomic E-state index is 0.0630. The van der Waals surface area contributed by atoms with Gasteiger partial charge in [-0.1, -0.05) is 17.7 Å². The fourth-order valence-corrected chi connectivity index (χ4v) is 2.45. The van der Waals surface area contributed by atoms with Gasteiger partial charge in [0.15, 0.2) is 0 Å². The number of halogens is 4. The van der Waals surface area contributed by atoms with Gasteiger partial charge in [-0.2, -0.15) is 13.2 Å². The first-order valence-corrected chi connectivity index (χ1v) is 7.18. The number of hydrogen-bond acceptors (Lipinski definition) is 3. The zero-order chi connectivity index (χ0) is 16.0. The predicted molar refractivity (Wildman–Crippen MR) is 75.5 cm³/mol. The molecule has 0 spiro atoms. The molecule has 0 fully saturated rings. The molecule has 0 saturated heterocycles. The number of likely N-dealkylation sites (N-methyl/N-ethyl adjacent to an activating group) is 1. The van der Waals surface area contributed by atoms with Crippen LogP contribution in [0.5, 0.6) is 0 Å². The van der Waals surface area contributed by atoms with E-state index in [9.17, 15) is 22.8 Å². The molecule has 0 bridgehead atoms. The summed E-state index contributed by atoms with van der Waals surface area (Å²) in [5.41, 5.74) is 0.0630. The Bertz CT molecular complexity index is 538. The van der Waals surface area contributed by atoms with E-state index in [0.29, 0.717) is 11.8 Å². The minimum Gasteiger partial charge on any atom is -0.348 e. The molecule has 2 N–H and O–H groups in total. The topological polar surface area (TPSA) is 58.2 Å². The molecule has 4 nitrogen and oxygen atoms in total. The molecule has 0 atom stereocenters. The van der Waals surface area contributed by atoms with Crippen LogP contribution in [0.15, 0.2) is 23.1 Å². The lowest BCUT2D eigenvalue weighted by Gasteiger charge is -2.13. The zero-order valence-electron chi connectivity index (χ0n) is 10.9. The maximum absolute atomic E-state index is 12.3. The van der Waals surface area contributed by atoms with Crippen LogP contribution in [-0.4, -0.2) is 30.3 Å². The van der Waals surface area contributed by atoms with Gasteiger partial charge in [0.25, 0.3) is 0 Å². The van der Waals surface area contributed by atoms with E-state index in [1.54, 1.807) is 6.92 Å². The second kappa shape index (κ2) is 7.56. The van der Waals surface area contributed by atoms with E-state index < -0.39 is 23.7 Å². The summed E-state index contributed by atoms with van der Waals surface area (Å²) < 4.78 is 36.8. The summed E-state index contributed by atoms with van der Waals surface area (Å²) in [6.45, 7) is 1.90. The lowest BCUT2D eigenvalue weighted by Crippen LogP contribution is -2.35. The molecule has 1 aromatic rings. The number of thioether (sulfide) groups is 1. The molecule has 1 rings (SSSR count). The van der Waals surface area contributed by atoms with E-state index in [1.165, 1.54) is 18.2 Å². The molecule has 21 heavy (non-hydrogen) atoms. The first kappa shape index (κ1) is 17.6. The maximum atomic E-state index is 12.3. The van der Waals surface area contributed by atoms with Crippen LogP contribution in [0.1, 0.15) is 6.92 Å². The van der Waals surface area contributed by atoms with Gasteiger partial charge in [0.2, 0.25) is 0 Å². The Hall–Kier alpha value is -1.41. The molecule has 0 aliphatic rings. The highest BCUT2D eigenvalue weighted by Gasteiger charge is 2.28. The Morgan fingerprint density at radius 1 is 1.29 bits per heavy atom. The van der Waals surface area contributed by atoms with E-state index in [4.69, 9.17) is 11.6 Å². The van der Waals surface area contributed by atoms with Crippen molar-refractivity contribution in [2.45, 2.75) is 18.0 Å². The van der Waals surface area contributed by atoms with Crippen LogP contribution < -0.4 is 10.6 Å². The first-order valence-electron chi connectivity index (χ1n) is 5.82. The van der Waals surface area contributed by atoms with Crippen molar-refractivity contribution in [2.24, 2.45) is 0 Å². The average molecular weight is 341 g/mol. The maximum Gasteiger partial charge on any atom is 0.398 e. The quantitative estimate of drug-likeness (QED) is 0.654. The number of anilines is 1. The number of amides is 2. The minimum atomic E-state index is -4.37. The average Bonchev–Trinajstić information content (AvgIpc) is 2.37. The zero-order valence-corrected chi connectivity index (χ0v) is 12.5. The Balaban J connectivity index is 2.89. The van der Waals surface area contributed by atoms with Crippen molar-refractivity contribution in [3.05, 3.63) is 23.2 Å². The molecule has 0 aromatic heterocycles. The number of nitrogens with one attached hydrogen (secondary N) is 2. The second-order valence-electron chi connectivity index (χ2n) is 3.83. The lowest BCUT2D eigenvalue weighted by atomic mass is 10.3. The number of rotatable bonds is 4. The summed E-state index contributed by atoms with van der Waals surface area (Å²) in [5.74, 6) is -2.99. The molecular formula is C12H12ClF3N2O2S. The van der Waals surface area contributed by atoms with Gasteiger partial charge in [-0.3, -0.25) is 9.59 Å². The van der Waals surface area contributed by atoms with Crippen molar-refractivity contribution in [2.75, 3.05) is 17.6 Å². The van der Waals surface area contributed by atoms with Crippen LogP contribution in [0.2, 0.25) is 5.02 Å². The van der Waals surface area contributed by atoms with Crippen molar-refractivity contribution >= 4 is 40.9 Å². The van der Waals surface area contributed by atoms with Crippen LogP contribution in [-0.2, 0) is 9.59 Å². The van der Waals surface area contributed by atoms with E-state index >= 15 is 0 Å². The van der Waals surface area contributed by atoms with Crippen molar-refractivity contribution in [3.8, 4) is 0 Å². The van der Waals surface area contributed by atoms with Crippen LogP contribution >= 0.6 is 23.4 Å². The highest BCUT2D eigenvalue weighted by Crippen LogP contribution is 2.37. The van der Waals surface area contributed by atoms with Gasteiger partial charge < -0.3 is 10.6 Å². The summed E-state index contributed by atoms with van der Waals surface area (Å²) in [6, 6.07) is 4.25. The van der Waals surface area contributed by atoms with Crippen molar-refractivity contribution in [3.63, 3.8) is 0 Å². The Morgan fingerprint density at radius 3 is 2.52 bits per heavy atom. The van der Waals surface area contributed by atoms with Gasteiger partial charge in [0, 0.05) is 11.4 Å². The summed E-state index contributed by atoms with van der Waals surface area (Å²) in [5, 5.41) is 4.60. The molecule has 2 amide bonds. The van der Waals surface area contributed by atoms with Crippen molar-refractivity contribution in [1.82, 2.24) is 5.32 Å². The molecular weight excluding hydrogens is 329 g/mol. The molecule has 1 aromatic carbocycles. The fourth-order valence-electron chi connectivity index (χ4n) is 1.33. The Morgan fingerprint density at radius 2 is 1.95 bits per heavy atom. The van der Waals surface area contributed by atoms with Crippen LogP contribution in [0.25, 0.3) is 0 Å². The molecule has 9 heteroatoms. The van der Waals surface area contributed by atoms with E-state index in [2.05, 4.69) is 10.6 Å². The van der Waals surface area contributed by atoms with Gasteiger partial charge in [-0.05, 0) is 19.1 Å². The van der Waals surface area contributed by atoms with E-state index in [0.717, 1.165) is 0 Å². The van der Waals surface area contributed by atoms with Crippen molar-refractivity contribution < 1.29 is 22.8 Å². The number of hydrogen-bond donors (Lipinski definition) is 2. The SMILES string of the molecule is CCNC(=O)C(=O)Nc1cccc(Cl)c1SCC(F)(F)F. The Labute approximate surface area is 128 Å². The summed E-state index contributed by atoms with van der Waals surface area (Å²) in [6.07, 6.45) is -4.37. The lowest BCUT2D eigenvalue weighted by molar-refractivity contribution is -0.136. The first-order chi connectivity index (χ1) is 9.74. The largest absolute Gasteiger partial charge is 0.398 e. The van der Waals surface area contributed by atoms with E-state index in [1.807, 2.05) is 0 Å². The molecule has 0 aliphatic carbocycles. The second-order valence-corrected chi connectivity index (χ2v) is 5.23. The van der Waals surface area contributed by atoms with Gasteiger partial charge in [0.1, 0.15) is 0 Å². The molecule has 0 saturated carbocycles. The number of benzene rings is 1. The smallest absolute Gasteiger partial charge is 0.348 e. The predicted octanol–water partition coefficient (Wildman–Crippen LogP) is 3.07. The number of carbonyl (C=O) groups is 2. The third-order valence-electron chi connectivity index (χ3n) is 2.14. The van der Waals surface area contributed by atoms with Gasteiger partial charge in [0.05, 0.1) is 16.5 Å². The number of carbonyl (C=O) groups excluding carboxylic acids is 2. The highest BCUT2D eigenvalue weighted by atomic mass is 35.5. The summed E-state index contributed by atoms with van der Waals surface area (Å²) >= 11 is 6.29. The van der Waals surface area contributed by atoms with Crippen LogP contribution in [0, 0.1) is 0 Å². The third-order valence-corrected chi connectivity index (χ3v) is 3.77.